The maximum absolute atomic E-state index is 4.19. The lowest BCUT2D eigenvalue weighted by Gasteiger charge is -2.46. The third-order valence-corrected chi connectivity index (χ3v) is 4.21. The van der Waals surface area contributed by atoms with Crippen molar-refractivity contribution in [2.24, 2.45) is 11.8 Å². The van der Waals surface area contributed by atoms with Gasteiger partial charge in [0.1, 0.15) is 0 Å². The van der Waals surface area contributed by atoms with Crippen molar-refractivity contribution in [2.45, 2.75) is 32.7 Å². The number of rotatable bonds is 2. The largest absolute Gasteiger partial charge is 0.292 e. The number of hydrogen-bond acceptors (Lipinski definition) is 1. The van der Waals surface area contributed by atoms with Crippen LogP contribution in [0.3, 0.4) is 0 Å². The van der Waals surface area contributed by atoms with Crippen molar-refractivity contribution in [3.63, 3.8) is 0 Å². The first-order valence-corrected chi connectivity index (χ1v) is 6.38. The molecule has 0 aromatic rings. The summed E-state index contributed by atoms with van der Waals surface area (Å²) in [6.45, 7) is 15.2. The smallest absolute Gasteiger partial charge is 0.0351 e. The van der Waals surface area contributed by atoms with E-state index in [2.05, 4.69) is 44.1 Å². The Morgan fingerprint density at radius 2 is 2.31 bits per heavy atom. The Morgan fingerprint density at radius 1 is 1.56 bits per heavy atom. The standard InChI is InChI=1S/C15H23N/c1-5-13-10-16-8-6-7-12(4)15(16)9-14(13)11(2)3/h6-7,13-15H,2,4-5,8-10H2,1,3H3. The van der Waals surface area contributed by atoms with Gasteiger partial charge in [0.15, 0.2) is 0 Å². The molecule has 0 spiro atoms. The van der Waals surface area contributed by atoms with Gasteiger partial charge in [0.2, 0.25) is 0 Å². The van der Waals surface area contributed by atoms with E-state index in [9.17, 15) is 0 Å². The van der Waals surface area contributed by atoms with Gasteiger partial charge in [-0.25, -0.2) is 0 Å². The number of allylic oxidation sites excluding steroid dienone is 1. The first-order chi connectivity index (χ1) is 7.63. The van der Waals surface area contributed by atoms with Gasteiger partial charge in [-0.15, -0.1) is 0 Å². The van der Waals surface area contributed by atoms with E-state index in [1.165, 1.54) is 30.5 Å². The average molecular weight is 217 g/mol. The van der Waals surface area contributed by atoms with Gasteiger partial charge in [-0.2, -0.15) is 0 Å². The van der Waals surface area contributed by atoms with Gasteiger partial charge in [0, 0.05) is 19.1 Å². The minimum atomic E-state index is 0.564. The van der Waals surface area contributed by atoms with Crippen molar-refractivity contribution in [1.82, 2.24) is 4.90 Å². The van der Waals surface area contributed by atoms with Crippen LogP contribution in [0.5, 0.6) is 0 Å². The summed E-state index contributed by atoms with van der Waals surface area (Å²) >= 11 is 0. The highest BCUT2D eigenvalue weighted by molar-refractivity contribution is 5.27. The van der Waals surface area contributed by atoms with E-state index in [1.807, 2.05) is 0 Å². The highest BCUT2D eigenvalue weighted by Gasteiger charge is 2.36. The van der Waals surface area contributed by atoms with E-state index in [1.54, 1.807) is 0 Å². The summed E-state index contributed by atoms with van der Waals surface area (Å²) in [6.07, 6.45) is 6.92. The molecule has 16 heavy (non-hydrogen) atoms. The van der Waals surface area contributed by atoms with Gasteiger partial charge in [-0.05, 0) is 30.8 Å². The van der Waals surface area contributed by atoms with E-state index < -0.39 is 0 Å². The van der Waals surface area contributed by atoms with Crippen LogP contribution in [-0.4, -0.2) is 24.0 Å². The van der Waals surface area contributed by atoms with Crippen molar-refractivity contribution < 1.29 is 0 Å². The van der Waals surface area contributed by atoms with Crippen LogP contribution >= 0.6 is 0 Å². The van der Waals surface area contributed by atoms with Crippen LogP contribution in [0.2, 0.25) is 0 Å². The van der Waals surface area contributed by atoms with Gasteiger partial charge >= 0.3 is 0 Å². The van der Waals surface area contributed by atoms with E-state index in [0.29, 0.717) is 12.0 Å². The van der Waals surface area contributed by atoms with Crippen LogP contribution in [0.4, 0.5) is 0 Å². The van der Waals surface area contributed by atoms with E-state index >= 15 is 0 Å². The van der Waals surface area contributed by atoms with Gasteiger partial charge in [-0.1, -0.05) is 44.2 Å². The third-order valence-electron chi connectivity index (χ3n) is 4.21. The molecule has 1 fully saturated rings. The molecule has 0 aromatic carbocycles. The summed E-state index contributed by atoms with van der Waals surface area (Å²) in [6, 6.07) is 0.564. The zero-order valence-corrected chi connectivity index (χ0v) is 10.6. The Bertz CT molecular complexity index is 326. The zero-order chi connectivity index (χ0) is 11.7. The molecule has 2 aliphatic heterocycles. The minimum absolute atomic E-state index is 0.564. The lowest BCUT2D eigenvalue weighted by Crippen LogP contribution is -2.49. The predicted molar refractivity (Wildman–Crippen MR) is 70.3 cm³/mol. The molecule has 0 amide bonds. The lowest BCUT2D eigenvalue weighted by atomic mass is 9.75. The van der Waals surface area contributed by atoms with Crippen LogP contribution in [0.25, 0.3) is 0 Å². The summed E-state index contributed by atoms with van der Waals surface area (Å²) < 4.78 is 0. The summed E-state index contributed by atoms with van der Waals surface area (Å²) in [4.78, 5) is 2.58. The molecule has 3 unspecified atom stereocenters. The Kier molecular flexibility index (Phi) is 3.34. The second kappa shape index (κ2) is 4.58. The quantitative estimate of drug-likeness (QED) is 0.641. The number of nitrogens with zero attached hydrogens (tertiary/aromatic N) is 1. The Labute approximate surface area is 99.5 Å². The molecule has 2 aliphatic rings. The number of hydrogen-bond donors (Lipinski definition) is 0. The van der Waals surface area contributed by atoms with E-state index in [4.69, 9.17) is 0 Å². The van der Waals surface area contributed by atoms with Gasteiger partial charge in [0.25, 0.3) is 0 Å². The molecule has 0 saturated carbocycles. The molecule has 2 rings (SSSR count). The molecule has 0 bridgehead atoms. The fourth-order valence-electron chi connectivity index (χ4n) is 3.19. The molecule has 88 valence electrons. The summed E-state index contributed by atoms with van der Waals surface area (Å²) in [5, 5.41) is 0. The summed E-state index contributed by atoms with van der Waals surface area (Å²) in [7, 11) is 0. The normalized spacial score (nSPS) is 34.9. The maximum atomic E-state index is 4.19. The van der Waals surface area contributed by atoms with Crippen LogP contribution in [0, 0.1) is 11.8 Å². The Balaban J connectivity index is 2.18. The lowest BCUT2D eigenvalue weighted by molar-refractivity contribution is 0.101. The first-order valence-electron chi connectivity index (χ1n) is 6.38. The molecule has 2 heterocycles. The third kappa shape index (κ3) is 2.01. The van der Waals surface area contributed by atoms with E-state index in [0.717, 1.165) is 12.5 Å². The molecule has 0 aliphatic carbocycles. The summed E-state index contributed by atoms with van der Waals surface area (Å²) in [5.41, 5.74) is 2.64. The van der Waals surface area contributed by atoms with Crippen LogP contribution in [0.15, 0.2) is 36.5 Å². The molecule has 1 saturated heterocycles. The molecule has 0 radical (unpaired) electrons. The Morgan fingerprint density at radius 3 is 2.94 bits per heavy atom. The molecular weight excluding hydrogens is 194 g/mol. The predicted octanol–water partition coefficient (Wildman–Crippen LogP) is 3.41. The Hall–Kier alpha value is -0.820. The second-order valence-electron chi connectivity index (χ2n) is 5.30. The van der Waals surface area contributed by atoms with E-state index in [-0.39, 0.29) is 0 Å². The van der Waals surface area contributed by atoms with Gasteiger partial charge < -0.3 is 0 Å². The maximum Gasteiger partial charge on any atom is 0.0351 e. The molecule has 1 nitrogen and oxygen atoms in total. The molecule has 1 heteroatoms. The highest BCUT2D eigenvalue weighted by atomic mass is 15.2. The van der Waals surface area contributed by atoms with Crippen LogP contribution < -0.4 is 0 Å². The minimum Gasteiger partial charge on any atom is -0.292 e. The van der Waals surface area contributed by atoms with Crippen molar-refractivity contribution >= 4 is 0 Å². The van der Waals surface area contributed by atoms with Crippen LogP contribution in [-0.2, 0) is 0 Å². The van der Waals surface area contributed by atoms with Crippen molar-refractivity contribution in [3.8, 4) is 0 Å². The average Bonchev–Trinajstić information content (AvgIpc) is 2.27. The molecular formula is C15H23N. The topological polar surface area (TPSA) is 3.24 Å². The van der Waals surface area contributed by atoms with Crippen molar-refractivity contribution in [1.29, 1.82) is 0 Å². The highest BCUT2D eigenvalue weighted by Crippen LogP contribution is 2.37. The first kappa shape index (κ1) is 11.7. The van der Waals surface area contributed by atoms with Crippen molar-refractivity contribution in [2.75, 3.05) is 13.1 Å². The molecule has 0 N–H and O–H groups in total. The fourth-order valence-corrected chi connectivity index (χ4v) is 3.19. The number of fused-ring (bicyclic) bond motifs is 1. The monoisotopic (exact) mass is 217 g/mol. The fraction of sp³-hybridized carbons (Fsp3) is 0.600. The van der Waals surface area contributed by atoms with Crippen molar-refractivity contribution in [3.05, 3.63) is 36.5 Å². The van der Waals surface area contributed by atoms with Gasteiger partial charge in [0.05, 0.1) is 0 Å². The number of piperidine rings is 1. The molecule has 0 aromatic heterocycles. The zero-order valence-electron chi connectivity index (χ0n) is 10.6. The van der Waals surface area contributed by atoms with Gasteiger partial charge in [-0.3, -0.25) is 4.90 Å². The molecule has 3 atom stereocenters. The second-order valence-corrected chi connectivity index (χ2v) is 5.30. The van der Waals surface area contributed by atoms with Crippen LogP contribution in [0.1, 0.15) is 26.7 Å². The SMILES string of the molecule is C=C(C)C1CC2C(=C)C=CCN2CC1CC. The summed E-state index contributed by atoms with van der Waals surface area (Å²) in [5.74, 6) is 1.47.